The van der Waals surface area contributed by atoms with Crippen LogP contribution < -0.4 is 5.73 Å². The minimum absolute atomic E-state index is 0.0478. The van der Waals surface area contributed by atoms with Gasteiger partial charge in [-0.05, 0) is 13.0 Å². The molecule has 0 aliphatic rings. The normalized spacial score (nSPS) is 12.0. The van der Waals surface area contributed by atoms with Gasteiger partial charge >= 0.3 is 11.7 Å². The van der Waals surface area contributed by atoms with Gasteiger partial charge in [0.05, 0.1) is 16.6 Å². The maximum Gasteiger partial charge on any atom is 0.330 e. The fourth-order valence-electron chi connectivity index (χ4n) is 1.55. The minimum atomic E-state index is -1.07. The molecule has 0 heterocycles. The van der Waals surface area contributed by atoms with Gasteiger partial charge in [-0.15, -0.1) is 0 Å². The molecular weight excluding hydrogens is 311 g/mol. The fraction of sp³-hybridized carbons (Fsp3) is 0.364. The number of halogens is 2. The van der Waals surface area contributed by atoms with E-state index in [0.29, 0.717) is 0 Å². The Morgan fingerprint density at radius 2 is 2.20 bits per heavy atom. The predicted octanol–water partition coefficient (Wildman–Crippen LogP) is 2.04. The Hall–Kier alpha value is -1.57. The van der Waals surface area contributed by atoms with Gasteiger partial charge in [0.15, 0.2) is 5.75 Å². The van der Waals surface area contributed by atoms with E-state index in [1.54, 1.807) is 6.92 Å². The summed E-state index contributed by atoms with van der Waals surface area (Å²) in [6.45, 7) is 1.77. The Bertz CT molecular complexity index is 550. The van der Waals surface area contributed by atoms with E-state index in [2.05, 4.69) is 0 Å². The van der Waals surface area contributed by atoms with Crippen LogP contribution in [-0.2, 0) is 16.0 Å². The molecule has 0 aliphatic carbocycles. The van der Waals surface area contributed by atoms with Gasteiger partial charge in [-0.3, -0.25) is 14.9 Å². The van der Waals surface area contributed by atoms with Gasteiger partial charge < -0.3 is 15.6 Å². The number of carbonyl (C=O) groups is 1. The Morgan fingerprint density at radius 1 is 1.60 bits per heavy atom. The zero-order valence-corrected chi connectivity index (χ0v) is 11.9. The van der Waals surface area contributed by atoms with Crippen molar-refractivity contribution in [3.8, 4) is 5.75 Å². The number of phenols is 1. The number of carbonyl (C=O) groups excluding carboxylic acids is 1. The molecule has 0 aliphatic heterocycles. The van der Waals surface area contributed by atoms with Crippen LogP contribution in [0.4, 0.5) is 5.69 Å². The molecule has 0 radical (unpaired) electrons. The van der Waals surface area contributed by atoms with Gasteiger partial charge in [-0.2, -0.15) is 0 Å². The van der Waals surface area contributed by atoms with Crippen molar-refractivity contribution in [2.24, 2.45) is 5.73 Å². The van der Waals surface area contributed by atoms with E-state index in [1.165, 1.54) is 6.07 Å². The molecule has 1 aromatic rings. The van der Waals surface area contributed by atoms with Crippen LogP contribution in [0.25, 0.3) is 0 Å². The highest BCUT2D eigenvalue weighted by molar-refractivity contribution is 6.43. The molecular formula is C11H12Cl2N2O5. The second-order valence-electron chi connectivity index (χ2n) is 3.85. The van der Waals surface area contributed by atoms with E-state index in [4.69, 9.17) is 33.7 Å². The van der Waals surface area contributed by atoms with Crippen LogP contribution in [0.2, 0.25) is 10.0 Å². The summed E-state index contributed by atoms with van der Waals surface area (Å²) in [6, 6.07) is 0.156. The number of nitrogens with two attached hydrogens (primary N) is 1. The Morgan fingerprint density at radius 3 is 2.70 bits per heavy atom. The first-order chi connectivity index (χ1) is 9.29. The summed E-state index contributed by atoms with van der Waals surface area (Å²) in [5.41, 5.74) is 4.92. The quantitative estimate of drug-likeness (QED) is 0.487. The van der Waals surface area contributed by atoms with Crippen molar-refractivity contribution in [3.63, 3.8) is 0 Å². The average Bonchev–Trinajstić information content (AvgIpc) is 2.35. The molecule has 0 saturated heterocycles. The first-order valence-corrected chi connectivity index (χ1v) is 6.31. The first kappa shape index (κ1) is 16.5. The molecule has 1 atom stereocenters. The maximum atomic E-state index is 11.4. The van der Waals surface area contributed by atoms with Crippen molar-refractivity contribution in [2.75, 3.05) is 6.61 Å². The Kier molecular flexibility index (Phi) is 5.55. The van der Waals surface area contributed by atoms with Crippen LogP contribution in [0, 0.1) is 10.1 Å². The molecule has 20 heavy (non-hydrogen) atoms. The summed E-state index contributed by atoms with van der Waals surface area (Å²) in [4.78, 5) is 21.4. The predicted molar refractivity (Wildman–Crippen MR) is 73.1 cm³/mol. The van der Waals surface area contributed by atoms with E-state index >= 15 is 0 Å². The minimum Gasteiger partial charge on any atom is -0.502 e. The molecule has 7 nitrogen and oxygen atoms in total. The zero-order chi connectivity index (χ0) is 15.4. The number of rotatable bonds is 5. The highest BCUT2D eigenvalue weighted by Gasteiger charge is 2.27. The topological polar surface area (TPSA) is 116 Å². The van der Waals surface area contributed by atoms with Gasteiger partial charge in [0.1, 0.15) is 11.1 Å². The van der Waals surface area contributed by atoms with Crippen LogP contribution in [0.15, 0.2) is 6.07 Å². The number of nitro groups is 1. The lowest BCUT2D eigenvalue weighted by atomic mass is 10.0. The number of hydrogen-bond acceptors (Lipinski definition) is 6. The van der Waals surface area contributed by atoms with Crippen molar-refractivity contribution < 1.29 is 19.6 Å². The van der Waals surface area contributed by atoms with Crippen LogP contribution in [0.5, 0.6) is 5.75 Å². The van der Waals surface area contributed by atoms with Crippen molar-refractivity contribution in [2.45, 2.75) is 19.4 Å². The third-order valence-corrected chi connectivity index (χ3v) is 3.24. The number of hydrogen-bond donors (Lipinski definition) is 2. The molecule has 110 valence electrons. The van der Waals surface area contributed by atoms with Crippen molar-refractivity contribution >= 4 is 34.9 Å². The number of benzene rings is 1. The van der Waals surface area contributed by atoms with E-state index < -0.39 is 28.4 Å². The van der Waals surface area contributed by atoms with Gasteiger partial charge in [-0.1, -0.05) is 23.2 Å². The molecule has 0 amide bonds. The van der Waals surface area contributed by atoms with E-state index in [9.17, 15) is 20.0 Å². The lowest BCUT2D eigenvalue weighted by Crippen LogP contribution is -2.34. The second-order valence-corrected chi connectivity index (χ2v) is 4.63. The molecule has 0 fully saturated rings. The van der Waals surface area contributed by atoms with Crippen LogP contribution in [0.3, 0.4) is 0 Å². The molecule has 0 aromatic heterocycles. The number of ether oxygens (including phenoxy) is 1. The summed E-state index contributed by atoms with van der Waals surface area (Å²) in [7, 11) is 0. The van der Waals surface area contributed by atoms with E-state index in [-0.39, 0.29) is 28.6 Å². The molecule has 0 bridgehead atoms. The number of aromatic hydroxyl groups is 1. The molecule has 1 unspecified atom stereocenters. The third kappa shape index (κ3) is 3.50. The number of phenolic OH excluding ortho intramolecular Hbond substituents is 1. The lowest BCUT2D eigenvalue weighted by Gasteiger charge is -2.12. The first-order valence-electron chi connectivity index (χ1n) is 5.56. The highest BCUT2D eigenvalue weighted by Crippen LogP contribution is 2.41. The van der Waals surface area contributed by atoms with E-state index in [1.807, 2.05) is 0 Å². The Labute approximate surface area is 124 Å². The van der Waals surface area contributed by atoms with Gasteiger partial charge in [0, 0.05) is 12.0 Å². The Balaban J connectivity index is 3.14. The average molecular weight is 323 g/mol. The molecule has 3 N–H and O–H groups in total. The maximum absolute atomic E-state index is 11.4. The number of nitrogens with zero attached hydrogens (tertiary/aromatic N) is 1. The second kappa shape index (κ2) is 6.74. The molecule has 1 rings (SSSR count). The largest absolute Gasteiger partial charge is 0.502 e. The zero-order valence-electron chi connectivity index (χ0n) is 10.4. The van der Waals surface area contributed by atoms with Crippen LogP contribution >= 0.6 is 23.2 Å². The number of nitro benzene ring substituents is 1. The summed E-state index contributed by atoms with van der Waals surface area (Å²) in [5, 5.41) is 20.2. The van der Waals surface area contributed by atoms with E-state index in [0.717, 1.165) is 0 Å². The summed E-state index contributed by atoms with van der Waals surface area (Å²) < 4.78 is 4.71. The van der Waals surface area contributed by atoms with Crippen molar-refractivity contribution in [1.82, 2.24) is 0 Å². The molecule has 9 heteroatoms. The third-order valence-electron chi connectivity index (χ3n) is 2.46. The summed E-state index contributed by atoms with van der Waals surface area (Å²) >= 11 is 11.4. The fourth-order valence-corrected chi connectivity index (χ4v) is 1.98. The molecule has 1 aromatic carbocycles. The van der Waals surface area contributed by atoms with Gasteiger partial charge in [0.2, 0.25) is 0 Å². The smallest absolute Gasteiger partial charge is 0.330 e. The van der Waals surface area contributed by atoms with Crippen LogP contribution in [0.1, 0.15) is 12.5 Å². The highest BCUT2D eigenvalue weighted by atomic mass is 35.5. The lowest BCUT2D eigenvalue weighted by molar-refractivity contribution is -0.385. The summed E-state index contributed by atoms with van der Waals surface area (Å²) in [5.74, 6) is -1.34. The standard InChI is InChI=1S/C11H12Cl2N2O5/c1-2-20-11(17)7(14)4-5-3-6(12)8(13)9(10(5)16)15(18)19/h3,7,16H,2,4,14H2,1H3. The molecule has 0 spiro atoms. The van der Waals surface area contributed by atoms with Crippen molar-refractivity contribution in [1.29, 1.82) is 0 Å². The monoisotopic (exact) mass is 322 g/mol. The van der Waals surface area contributed by atoms with Crippen LogP contribution in [-0.4, -0.2) is 28.6 Å². The van der Waals surface area contributed by atoms with Crippen molar-refractivity contribution in [3.05, 3.63) is 31.8 Å². The molecule has 0 saturated carbocycles. The van der Waals surface area contributed by atoms with Gasteiger partial charge in [0.25, 0.3) is 0 Å². The SMILES string of the molecule is CCOC(=O)C(N)Cc1cc(Cl)c(Cl)c([N+](=O)[O-])c1O. The van der Waals surface area contributed by atoms with Gasteiger partial charge in [-0.25, -0.2) is 0 Å². The summed E-state index contributed by atoms with van der Waals surface area (Å²) in [6.07, 6.45) is -0.164. The number of esters is 1.